The van der Waals surface area contributed by atoms with E-state index in [9.17, 15) is 9.59 Å². The molecular formula is C12H10ClN3O3. The highest BCUT2D eigenvalue weighted by atomic mass is 35.5. The Kier molecular flexibility index (Phi) is 3.52. The molecule has 0 saturated carbocycles. The molecule has 19 heavy (non-hydrogen) atoms. The quantitative estimate of drug-likeness (QED) is 0.900. The number of amides is 1. The summed E-state index contributed by atoms with van der Waals surface area (Å²) in [6.07, 6.45) is 1.29. The summed E-state index contributed by atoms with van der Waals surface area (Å²) < 4.78 is 1.18. The summed E-state index contributed by atoms with van der Waals surface area (Å²) in [5, 5.41) is 15.8. The van der Waals surface area contributed by atoms with Gasteiger partial charge in [-0.25, -0.2) is 4.79 Å². The summed E-state index contributed by atoms with van der Waals surface area (Å²) in [4.78, 5) is 23.0. The Hall–Kier alpha value is -2.34. The van der Waals surface area contributed by atoms with E-state index in [0.717, 1.165) is 0 Å². The molecule has 1 heterocycles. The number of nitrogens with one attached hydrogen (secondary N) is 1. The highest BCUT2D eigenvalue weighted by Gasteiger charge is 2.18. The third kappa shape index (κ3) is 2.74. The summed E-state index contributed by atoms with van der Waals surface area (Å²) in [7, 11) is 1.49. The predicted molar refractivity (Wildman–Crippen MR) is 69.6 cm³/mol. The van der Waals surface area contributed by atoms with Gasteiger partial charge in [-0.1, -0.05) is 11.6 Å². The molecule has 1 aromatic carbocycles. The summed E-state index contributed by atoms with van der Waals surface area (Å²) in [6, 6.07) is 6.26. The minimum atomic E-state index is -1.16. The van der Waals surface area contributed by atoms with Crippen LogP contribution >= 0.6 is 11.6 Å². The molecule has 0 spiro atoms. The van der Waals surface area contributed by atoms with Crippen molar-refractivity contribution in [1.29, 1.82) is 0 Å². The maximum Gasteiger partial charge on any atom is 0.356 e. The van der Waals surface area contributed by atoms with E-state index in [1.54, 1.807) is 24.3 Å². The Morgan fingerprint density at radius 1 is 1.32 bits per heavy atom. The number of aromatic carboxylic acids is 1. The number of rotatable bonds is 3. The third-order valence-electron chi connectivity index (χ3n) is 2.50. The van der Waals surface area contributed by atoms with Gasteiger partial charge in [-0.05, 0) is 24.3 Å². The van der Waals surface area contributed by atoms with Gasteiger partial charge < -0.3 is 10.4 Å². The monoisotopic (exact) mass is 279 g/mol. The van der Waals surface area contributed by atoms with Crippen molar-refractivity contribution >= 4 is 29.2 Å². The van der Waals surface area contributed by atoms with Crippen LogP contribution in [0.1, 0.15) is 20.8 Å². The van der Waals surface area contributed by atoms with Gasteiger partial charge in [0.1, 0.15) is 0 Å². The minimum absolute atomic E-state index is 0.0812. The smallest absolute Gasteiger partial charge is 0.356 e. The van der Waals surface area contributed by atoms with Crippen molar-refractivity contribution in [1.82, 2.24) is 9.78 Å². The van der Waals surface area contributed by atoms with Crippen molar-refractivity contribution in [2.24, 2.45) is 7.05 Å². The van der Waals surface area contributed by atoms with E-state index in [-0.39, 0.29) is 11.4 Å². The average molecular weight is 280 g/mol. The van der Waals surface area contributed by atoms with Gasteiger partial charge in [0.25, 0.3) is 5.91 Å². The van der Waals surface area contributed by atoms with Crippen molar-refractivity contribution in [2.45, 2.75) is 0 Å². The molecule has 1 amide bonds. The average Bonchev–Trinajstić information content (AvgIpc) is 2.71. The zero-order valence-electron chi connectivity index (χ0n) is 9.92. The normalized spacial score (nSPS) is 10.2. The molecular weight excluding hydrogens is 270 g/mol. The number of hydrogen-bond donors (Lipinski definition) is 2. The molecule has 0 bridgehead atoms. The van der Waals surface area contributed by atoms with Crippen LogP contribution in [-0.4, -0.2) is 26.8 Å². The number of halogens is 1. The lowest BCUT2D eigenvalue weighted by atomic mass is 10.2. The van der Waals surface area contributed by atoms with Crippen molar-refractivity contribution in [3.8, 4) is 0 Å². The molecule has 0 atom stereocenters. The topological polar surface area (TPSA) is 84.2 Å². The predicted octanol–water partition coefficient (Wildman–Crippen LogP) is 2.02. The summed E-state index contributed by atoms with van der Waals surface area (Å²) in [5.74, 6) is -1.58. The van der Waals surface area contributed by atoms with Crippen LogP contribution in [0.4, 0.5) is 5.69 Å². The summed E-state index contributed by atoms with van der Waals surface area (Å²) in [6.45, 7) is 0. The zero-order valence-corrected chi connectivity index (χ0v) is 10.7. The molecule has 2 aromatic rings. The molecule has 0 aliphatic rings. The number of benzene rings is 1. The number of carboxylic acids is 1. The van der Waals surface area contributed by atoms with Crippen LogP contribution in [0.3, 0.4) is 0 Å². The standard InChI is InChI=1S/C12H10ClN3O3/c1-16-10(12(18)19)9(6-14-16)15-11(17)7-2-4-8(13)5-3-7/h2-6H,1H3,(H,15,17)(H,18,19). The Morgan fingerprint density at radius 2 is 1.95 bits per heavy atom. The lowest BCUT2D eigenvalue weighted by Crippen LogP contribution is -2.15. The van der Waals surface area contributed by atoms with Gasteiger partial charge in [0.05, 0.1) is 11.9 Å². The highest BCUT2D eigenvalue weighted by molar-refractivity contribution is 6.30. The molecule has 6 nitrogen and oxygen atoms in total. The van der Waals surface area contributed by atoms with Gasteiger partial charge in [-0.3, -0.25) is 9.48 Å². The van der Waals surface area contributed by atoms with Gasteiger partial charge in [-0.2, -0.15) is 5.10 Å². The molecule has 0 fully saturated rings. The van der Waals surface area contributed by atoms with E-state index in [0.29, 0.717) is 10.6 Å². The van der Waals surface area contributed by atoms with Crippen LogP contribution in [0.25, 0.3) is 0 Å². The molecule has 1 aromatic heterocycles. The molecule has 0 radical (unpaired) electrons. The van der Waals surface area contributed by atoms with E-state index in [1.807, 2.05) is 0 Å². The molecule has 0 unspecified atom stereocenters. The van der Waals surface area contributed by atoms with Crippen molar-refractivity contribution < 1.29 is 14.7 Å². The Morgan fingerprint density at radius 3 is 2.53 bits per heavy atom. The fourth-order valence-corrected chi connectivity index (χ4v) is 1.70. The lowest BCUT2D eigenvalue weighted by Gasteiger charge is -2.04. The first-order valence-electron chi connectivity index (χ1n) is 5.31. The van der Waals surface area contributed by atoms with Crippen LogP contribution in [0.5, 0.6) is 0 Å². The first kappa shape index (κ1) is 13.1. The molecule has 0 aliphatic heterocycles. The van der Waals surface area contributed by atoms with Crippen LogP contribution in [0.2, 0.25) is 5.02 Å². The largest absolute Gasteiger partial charge is 0.476 e. The van der Waals surface area contributed by atoms with Gasteiger partial charge in [0.15, 0.2) is 5.69 Å². The zero-order chi connectivity index (χ0) is 14.0. The van der Waals surface area contributed by atoms with Crippen molar-refractivity contribution in [2.75, 3.05) is 5.32 Å². The highest BCUT2D eigenvalue weighted by Crippen LogP contribution is 2.16. The first-order valence-corrected chi connectivity index (χ1v) is 5.69. The Bertz CT molecular complexity index is 634. The second-order valence-electron chi connectivity index (χ2n) is 3.80. The fraction of sp³-hybridized carbons (Fsp3) is 0.0833. The number of carbonyl (C=O) groups excluding carboxylic acids is 1. The van der Waals surface area contributed by atoms with Gasteiger partial charge in [-0.15, -0.1) is 0 Å². The van der Waals surface area contributed by atoms with Gasteiger partial charge in [0, 0.05) is 17.6 Å². The SMILES string of the molecule is Cn1ncc(NC(=O)c2ccc(Cl)cc2)c1C(=O)O. The Labute approximate surface area is 113 Å². The number of hydrogen-bond acceptors (Lipinski definition) is 3. The second kappa shape index (κ2) is 5.11. The second-order valence-corrected chi connectivity index (χ2v) is 4.23. The molecule has 98 valence electrons. The van der Waals surface area contributed by atoms with Gasteiger partial charge >= 0.3 is 5.97 Å². The van der Waals surface area contributed by atoms with Gasteiger partial charge in [0.2, 0.25) is 0 Å². The van der Waals surface area contributed by atoms with E-state index >= 15 is 0 Å². The fourth-order valence-electron chi connectivity index (χ4n) is 1.58. The van der Waals surface area contributed by atoms with Crippen LogP contribution in [0.15, 0.2) is 30.5 Å². The first-order chi connectivity index (χ1) is 8.99. The lowest BCUT2D eigenvalue weighted by molar-refractivity contribution is 0.0686. The van der Waals surface area contributed by atoms with Crippen LogP contribution in [0, 0.1) is 0 Å². The summed E-state index contributed by atoms with van der Waals surface area (Å²) in [5.41, 5.74) is 0.446. The number of aryl methyl sites for hydroxylation is 1. The third-order valence-corrected chi connectivity index (χ3v) is 2.75. The summed E-state index contributed by atoms with van der Waals surface area (Å²) >= 11 is 5.72. The molecule has 0 aliphatic carbocycles. The van der Waals surface area contributed by atoms with E-state index in [4.69, 9.17) is 16.7 Å². The van der Waals surface area contributed by atoms with Crippen molar-refractivity contribution in [3.63, 3.8) is 0 Å². The molecule has 7 heteroatoms. The maximum absolute atomic E-state index is 11.9. The number of aromatic nitrogens is 2. The van der Waals surface area contributed by atoms with Crippen LogP contribution in [-0.2, 0) is 7.05 Å². The molecule has 2 rings (SSSR count). The maximum atomic E-state index is 11.9. The van der Waals surface area contributed by atoms with E-state index in [1.165, 1.54) is 17.9 Å². The Balaban J connectivity index is 2.24. The number of nitrogens with zero attached hydrogens (tertiary/aromatic N) is 2. The number of carboxylic acid groups (broad SMARTS) is 1. The molecule has 2 N–H and O–H groups in total. The number of carbonyl (C=O) groups is 2. The molecule has 0 saturated heterocycles. The van der Waals surface area contributed by atoms with E-state index < -0.39 is 11.9 Å². The van der Waals surface area contributed by atoms with Crippen LogP contribution < -0.4 is 5.32 Å². The number of anilines is 1. The minimum Gasteiger partial charge on any atom is -0.476 e. The van der Waals surface area contributed by atoms with E-state index in [2.05, 4.69) is 10.4 Å². The van der Waals surface area contributed by atoms with Crippen molar-refractivity contribution in [3.05, 3.63) is 46.7 Å².